The first-order chi connectivity index (χ1) is 11.2. The summed E-state index contributed by atoms with van der Waals surface area (Å²) >= 11 is 0. The molecule has 1 amide bonds. The third-order valence-corrected chi connectivity index (χ3v) is 5.46. The minimum Gasteiger partial charge on any atom is -0.444 e. The number of likely N-dealkylation sites (tertiary alicyclic amines) is 1. The molecule has 1 atom stereocenters. The normalized spacial score (nSPS) is 22.8. The molecule has 0 radical (unpaired) electrons. The van der Waals surface area contributed by atoms with E-state index in [9.17, 15) is 4.79 Å². The van der Waals surface area contributed by atoms with E-state index in [2.05, 4.69) is 38.1 Å². The van der Waals surface area contributed by atoms with Gasteiger partial charge in [-0.25, -0.2) is 4.79 Å². The van der Waals surface area contributed by atoms with Gasteiger partial charge in [0.05, 0.1) is 0 Å². The van der Waals surface area contributed by atoms with Crippen molar-refractivity contribution < 1.29 is 9.53 Å². The van der Waals surface area contributed by atoms with Crippen molar-refractivity contribution in [2.45, 2.75) is 71.3 Å². The van der Waals surface area contributed by atoms with Crippen LogP contribution in [0.15, 0.2) is 24.3 Å². The lowest BCUT2D eigenvalue weighted by Gasteiger charge is -2.48. The molecule has 3 heteroatoms. The second-order valence-electron chi connectivity index (χ2n) is 9.10. The van der Waals surface area contributed by atoms with E-state index in [1.165, 1.54) is 30.4 Å². The van der Waals surface area contributed by atoms with E-state index in [4.69, 9.17) is 4.74 Å². The SMILES string of the molecule is CC(C)c1cccc(C2CCC3(C2)CN(C(=O)OC(C)(C)C)C3)c1. The molecule has 3 nitrogen and oxygen atoms in total. The molecule has 0 bridgehead atoms. The molecule has 1 heterocycles. The van der Waals surface area contributed by atoms with Gasteiger partial charge < -0.3 is 9.64 Å². The first-order valence-electron chi connectivity index (χ1n) is 9.25. The van der Waals surface area contributed by atoms with Crippen LogP contribution in [0.4, 0.5) is 4.79 Å². The highest BCUT2D eigenvalue weighted by atomic mass is 16.6. The summed E-state index contributed by atoms with van der Waals surface area (Å²) < 4.78 is 5.48. The second-order valence-corrected chi connectivity index (χ2v) is 9.10. The van der Waals surface area contributed by atoms with Gasteiger partial charge in [0.25, 0.3) is 0 Å². The fraction of sp³-hybridized carbons (Fsp3) is 0.667. The Morgan fingerprint density at radius 2 is 2.00 bits per heavy atom. The number of amides is 1. The van der Waals surface area contributed by atoms with Crippen molar-refractivity contribution in [3.8, 4) is 0 Å². The van der Waals surface area contributed by atoms with Crippen molar-refractivity contribution in [1.82, 2.24) is 4.90 Å². The van der Waals surface area contributed by atoms with Gasteiger partial charge in [-0.1, -0.05) is 38.1 Å². The fourth-order valence-corrected chi connectivity index (χ4v) is 4.17. The quantitative estimate of drug-likeness (QED) is 0.735. The maximum absolute atomic E-state index is 12.2. The smallest absolute Gasteiger partial charge is 0.410 e. The van der Waals surface area contributed by atoms with E-state index in [-0.39, 0.29) is 6.09 Å². The maximum atomic E-state index is 12.2. The molecule has 3 rings (SSSR count). The van der Waals surface area contributed by atoms with Gasteiger partial charge in [-0.2, -0.15) is 0 Å². The Balaban J connectivity index is 1.59. The number of benzene rings is 1. The predicted octanol–water partition coefficient (Wildman–Crippen LogP) is 5.31. The minimum atomic E-state index is -0.407. The molecule has 1 saturated carbocycles. The van der Waals surface area contributed by atoms with Gasteiger partial charge in [0.2, 0.25) is 0 Å². The molecular weight excluding hydrogens is 298 g/mol. The summed E-state index contributed by atoms with van der Waals surface area (Å²) in [5, 5.41) is 0. The Morgan fingerprint density at radius 1 is 1.29 bits per heavy atom. The van der Waals surface area contributed by atoms with Crippen LogP contribution in [0.1, 0.15) is 76.8 Å². The predicted molar refractivity (Wildman–Crippen MR) is 97.4 cm³/mol. The summed E-state index contributed by atoms with van der Waals surface area (Å²) in [4.78, 5) is 14.0. The van der Waals surface area contributed by atoms with Gasteiger partial charge in [-0.15, -0.1) is 0 Å². The Morgan fingerprint density at radius 3 is 2.62 bits per heavy atom. The summed E-state index contributed by atoms with van der Waals surface area (Å²) in [7, 11) is 0. The van der Waals surface area contributed by atoms with Crippen LogP contribution >= 0.6 is 0 Å². The molecule has 1 saturated heterocycles. The molecule has 1 unspecified atom stereocenters. The Bertz CT molecular complexity index is 609. The number of rotatable bonds is 2. The summed E-state index contributed by atoms with van der Waals surface area (Å²) in [6.07, 6.45) is 3.51. The molecule has 24 heavy (non-hydrogen) atoms. The second kappa shape index (κ2) is 6.09. The van der Waals surface area contributed by atoms with E-state index in [1.54, 1.807) is 0 Å². The summed E-state index contributed by atoms with van der Waals surface area (Å²) in [5.41, 5.74) is 2.83. The average molecular weight is 329 g/mol. The molecule has 1 aromatic rings. The Labute approximate surface area is 146 Å². The fourth-order valence-electron chi connectivity index (χ4n) is 4.17. The highest BCUT2D eigenvalue weighted by molar-refractivity contribution is 5.69. The van der Waals surface area contributed by atoms with E-state index in [0.717, 1.165) is 13.1 Å². The lowest BCUT2D eigenvalue weighted by molar-refractivity contribution is -0.0323. The van der Waals surface area contributed by atoms with Crippen LogP contribution < -0.4 is 0 Å². The average Bonchev–Trinajstić information content (AvgIpc) is 2.89. The van der Waals surface area contributed by atoms with Gasteiger partial charge in [-0.05, 0) is 63.0 Å². The molecule has 2 fully saturated rings. The number of carbonyl (C=O) groups is 1. The molecule has 2 aliphatic rings. The summed E-state index contributed by atoms with van der Waals surface area (Å²) in [6.45, 7) is 12.0. The summed E-state index contributed by atoms with van der Waals surface area (Å²) in [5.74, 6) is 1.22. The van der Waals surface area contributed by atoms with Crippen LogP contribution in [0, 0.1) is 5.41 Å². The van der Waals surface area contributed by atoms with Gasteiger partial charge in [0, 0.05) is 18.5 Å². The molecule has 1 aliphatic carbocycles. The van der Waals surface area contributed by atoms with Crippen molar-refractivity contribution in [2.75, 3.05) is 13.1 Å². The Kier molecular flexibility index (Phi) is 4.39. The van der Waals surface area contributed by atoms with Crippen LogP contribution in [0.2, 0.25) is 0 Å². The van der Waals surface area contributed by atoms with Gasteiger partial charge >= 0.3 is 6.09 Å². The summed E-state index contributed by atoms with van der Waals surface area (Å²) in [6, 6.07) is 9.09. The van der Waals surface area contributed by atoms with Crippen LogP contribution in [0.5, 0.6) is 0 Å². The van der Waals surface area contributed by atoms with Gasteiger partial charge in [0.15, 0.2) is 0 Å². The van der Waals surface area contributed by atoms with E-state index in [0.29, 0.717) is 17.3 Å². The van der Waals surface area contributed by atoms with Crippen molar-refractivity contribution >= 4 is 6.09 Å². The third kappa shape index (κ3) is 3.60. The van der Waals surface area contributed by atoms with Crippen LogP contribution in [0.3, 0.4) is 0 Å². The number of hydrogen-bond acceptors (Lipinski definition) is 2. The van der Waals surface area contributed by atoms with E-state index >= 15 is 0 Å². The highest BCUT2D eigenvalue weighted by Crippen LogP contribution is 2.52. The maximum Gasteiger partial charge on any atom is 0.410 e. The van der Waals surface area contributed by atoms with Crippen LogP contribution in [-0.4, -0.2) is 29.7 Å². The van der Waals surface area contributed by atoms with Gasteiger partial charge in [0.1, 0.15) is 5.60 Å². The van der Waals surface area contributed by atoms with E-state index < -0.39 is 5.60 Å². The lowest BCUT2D eigenvalue weighted by Crippen LogP contribution is -2.58. The van der Waals surface area contributed by atoms with Crippen LogP contribution in [-0.2, 0) is 4.74 Å². The monoisotopic (exact) mass is 329 g/mol. The number of carbonyl (C=O) groups excluding carboxylic acids is 1. The molecule has 1 spiro atoms. The first-order valence-corrected chi connectivity index (χ1v) is 9.25. The standard InChI is InChI=1S/C21H31NO2/c1-15(2)16-7-6-8-17(11-16)18-9-10-21(12-18)13-22(14-21)19(23)24-20(3,4)5/h6-8,11,15,18H,9-10,12-14H2,1-5H3. The highest BCUT2D eigenvalue weighted by Gasteiger charge is 2.50. The topological polar surface area (TPSA) is 29.5 Å². The Hall–Kier alpha value is -1.51. The number of nitrogens with zero attached hydrogens (tertiary/aromatic N) is 1. The largest absolute Gasteiger partial charge is 0.444 e. The molecule has 0 aromatic heterocycles. The zero-order valence-corrected chi connectivity index (χ0v) is 15.8. The van der Waals surface area contributed by atoms with Crippen molar-refractivity contribution in [3.63, 3.8) is 0 Å². The first kappa shape index (κ1) is 17.3. The van der Waals surface area contributed by atoms with Gasteiger partial charge in [-0.3, -0.25) is 0 Å². The number of ether oxygens (including phenoxy) is 1. The zero-order chi connectivity index (χ0) is 17.5. The lowest BCUT2D eigenvalue weighted by atomic mass is 9.77. The van der Waals surface area contributed by atoms with Crippen molar-refractivity contribution in [1.29, 1.82) is 0 Å². The molecule has 132 valence electrons. The third-order valence-electron chi connectivity index (χ3n) is 5.46. The molecule has 1 aliphatic heterocycles. The number of hydrogen-bond donors (Lipinski definition) is 0. The van der Waals surface area contributed by atoms with E-state index in [1.807, 2.05) is 25.7 Å². The molecular formula is C21H31NO2. The zero-order valence-electron chi connectivity index (χ0n) is 15.8. The molecule has 0 N–H and O–H groups in total. The van der Waals surface area contributed by atoms with Crippen molar-refractivity contribution in [3.05, 3.63) is 35.4 Å². The molecule has 1 aromatic carbocycles. The van der Waals surface area contributed by atoms with Crippen molar-refractivity contribution in [2.24, 2.45) is 5.41 Å². The minimum absolute atomic E-state index is 0.154. The van der Waals surface area contributed by atoms with Crippen LogP contribution in [0.25, 0.3) is 0 Å².